The summed E-state index contributed by atoms with van der Waals surface area (Å²) < 4.78 is 1.25. The minimum atomic E-state index is 0. The summed E-state index contributed by atoms with van der Waals surface area (Å²) in [6.45, 7) is 9.78. The number of piperidine rings is 1. The SMILES string of the molecule is Brc1ccc(CN2CCN(CC3CCCNC3)CC2)s1.Cl. The molecule has 1 aromatic heterocycles. The third-order valence-electron chi connectivity index (χ3n) is 4.39. The molecule has 0 radical (unpaired) electrons. The zero-order chi connectivity index (χ0) is 13.8. The van der Waals surface area contributed by atoms with Crippen LogP contribution in [0.1, 0.15) is 17.7 Å². The van der Waals surface area contributed by atoms with Crippen molar-refractivity contribution in [2.45, 2.75) is 19.4 Å². The molecule has 0 amide bonds. The highest BCUT2D eigenvalue weighted by atomic mass is 79.9. The van der Waals surface area contributed by atoms with Gasteiger partial charge in [0.25, 0.3) is 0 Å². The molecular weight excluding hydrogens is 370 g/mol. The number of rotatable bonds is 4. The molecule has 3 heterocycles. The third kappa shape index (κ3) is 5.48. The molecule has 1 unspecified atom stereocenters. The van der Waals surface area contributed by atoms with E-state index in [0.29, 0.717) is 0 Å². The van der Waals surface area contributed by atoms with Crippen LogP contribution in [0.5, 0.6) is 0 Å². The lowest BCUT2D eigenvalue weighted by atomic mass is 9.99. The third-order valence-corrected chi connectivity index (χ3v) is 6.00. The highest BCUT2D eigenvalue weighted by Gasteiger charge is 2.21. The minimum Gasteiger partial charge on any atom is -0.316 e. The number of piperazine rings is 1. The summed E-state index contributed by atoms with van der Waals surface area (Å²) in [5.41, 5.74) is 0. The Hall–Kier alpha value is 0.350. The van der Waals surface area contributed by atoms with Crippen molar-refractivity contribution in [2.24, 2.45) is 5.92 Å². The van der Waals surface area contributed by atoms with Gasteiger partial charge in [0, 0.05) is 44.1 Å². The number of hydrogen-bond donors (Lipinski definition) is 1. The first kappa shape index (κ1) is 17.7. The maximum Gasteiger partial charge on any atom is 0.0701 e. The molecule has 6 heteroatoms. The van der Waals surface area contributed by atoms with Gasteiger partial charge in [-0.25, -0.2) is 0 Å². The molecule has 0 spiro atoms. The maximum absolute atomic E-state index is 3.55. The summed E-state index contributed by atoms with van der Waals surface area (Å²) in [5, 5.41) is 3.53. The average molecular weight is 395 g/mol. The second kappa shape index (κ2) is 8.85. The zero-order valence-electron chi connectivity index (χ0n) is 12.4. The zero-order valence-corrected chi connectivity index (χ0v) is 15.6. The first-order chi connectivity index (χ1) is 9.79. The van der Waals surface area contributed by atoms with Gasteiger partial charge in [-0.05, 0) is 59.9 Å². The van der Waals surface area contributed by atoms with Crippen molar-refractivity contribution in [3.8, 4) is 0 Å². The van der Waals surface area contributed by atoms with Crippen LogP contribution in [0.2, 0.25) is 0 Å². The van der Waals surface area contributed by atoms with Crippen molar-refractivity contribution < 1.29 is 0 Å². The summed E-state index contributed by atoms with van der Waals surface area (Å²) >= 11 is 5.41. The van der Waals surface area contributed by atoms with Crippen LogP contribution < -0.4 is 5.32 Å². The molecule has 0 aliphatic carbocycles. The molecule has 2 saturated heterocycles. The normalized spacial score (nSPS) is 24.7. The van der Waals surface area contributed by atoms with Gasteiger partial charge < -0.3 is 10.2 Å². The van der Waals surface area contributed by atoms with Gasteiger partial charge in [0.2, 0.25) is 0 Å². The van der Waals surface area contributed by atoms with Crippen LogP contribution >= 0.6 is 39.7 Å². The van der Waals surface area contributed by atoms with E-state index in [9.17, 15) is 0 Å². The number of nitrogens with zero attached hydrogens (tertiary/aromatic N) is 2. The van der Waals surface area contributed by atoms with E-state index in [1.807, 2.05) is 11.3 Å². The standard InChI is InChI=1S/C15H24BrN3S.ClH/c16-15-4-3-14(20-15)12-19-8-6-18(7-9-19)11-13-2-1-5-17-10-13;/h3-4,13,17H,1-2,5-12H2;1H. The average Bonchev–Trinajstić information content (AvgIpc) is 2.88. The van der Waals surface area contributed by atoms with Gasteiger partial charge in [0.15, 0.2) is 0 Å². The van der Waals surface area contributed by atoms with Crippen LogP contribution in [0.4, 0.5) is 0 Å². The van der Waals surface area contributed by atoms with Crippen molar-refractivity contribution in [2.75, 3.05) is 45.8 Å². The van der Waals surface area contributed by atoms with Crippen LogP contribution in [-0.2, 0) is 6.54 Å². The van der Waals surface area contributed by atoms with Crippen molar-refractivity contribution in [1.82, 2.24) is 15.1 Å². The van der Waals surface area contributed by atoms with Crippen molar-refractivity contribution >= 4 is 39.7 Å². The molecule has 0 saturated carbocycles. The monoisotopic (exact) mass is 393 g/mol. The number of halogens is 2. The Bertz CT molecular complexity index is 415. The minimum absolute atomic E-state index is 0. The molecule has 0 bridgehead atoms. The van der Waals surface area contributed by atoms with Gasteiger partial charge in [0.1, 0.15) is 0 Å². The molecular formula is C15H25BrClN3S. The predicted molar refractivity (Wildman–Crippen MR) is 96.6 cm³/mol. The van der Waals surface area contributed by atoms with E-state index >= 15 is 0 Å². The van der Waals surface area contributed by atoms with Gasteiger partial charge in [-0.2, -0.15) is 0 Å². The Morgan fingerprint density at radius 2 is 1.95 bits per heavy atom. The molecule has 120 valence electrons. The van der Waals surface area contributed by atoms with Gasteiger partial charge in [0.05, 0.1) is 3.79 Å². The summed E-state index contributed by atoms with van der Waals surface area (Å²) in [6.07, 6.45) is 2.77. The number of thiophene rings is 1. The highest BCUT2D eigenvalue weighted by molar-refractivity contribution is 9.11. The first-order valence-corrected chi connectivity index (χ1v) is 9.30. The van der Waals surface area contributed by atoms with E-state index in [-0.39, 0.29) is 12.4 Å². The molecule has 3 rings (SSSR count). The van der Waals surface area contributed by atoms with Crippen molar-refractivity contribution in [3.05, 3.63) is 20.8 Å². The molecule has 0 aromatic carbocycles. The van der Waals surface area contributed by atoms with E-state index in [1.165, 1.54) is 67.3 Å². The quantitative estimate of drug-likeness (QED) is 0.847. The van der Waals surface area contributed by atoms with E-state index in [1.54, 1.807) is 0 Å². The van der Waals surface area contributed by atoms with Crippen molar-refractivity contribution in [3.63, 3.8) is 0 Å². The molecule has 2 fully saturated rings. The molecule has 1 atom stereocenters. The lowest BCUT2D eigenvalue weighted by Gasteiger charge is -2.37. The lowest BCUT2D eigenvalue weighted by molar-refractivity contribution is 0.108. The number of hydrogen-bond acceptors (Lipinski definition) is 4. The molecule has 1 aromatic rings. The maximum atomic E-state index is 3.55. The van der Waals surface area contributed by atoms with Crippen LogP contribution in [0.25, 0.3) is 0 Å². The molecule has 3 nitrogen and oxygen atoms in total. The topological polar surface area (TPSA) is 18.5 Å². The summed E-state index contributed by atoms with van der Waals surface area (Å²) in [7, 11) is 0. The first-order valence-electron chi connectivity index (χ1n) is 7.69. The van der Waals surface area contributed by atoms with E-state index in [4.69, 9.17) is 0 Å². The Morgan fingerprint density at radius 3 is 2.57 bits per heavy atom. The Morgan fingerprint density at radius 1 is 1.19 bits per heavy atom. The fraction of sp³-hybridized carbons (Fsp3) is 0.733. The molecule has 1 N–H and O–H groups in total. The van der Waals surface area contributed by atoms with E-state index in [0.717, 1.165) is 12.5 Å². The Labute approximate surface area is 146 Å². The predicted octanol–water partition coefficient (Wildman–Crippen LogP) is 3.05. The van der Waals surface area contributed by atoms with Crippen LogP contribution in [0.15, 0.2) is 15.9 Å². The summed E-state index contributed by atoms with van der Waals surface area (Å²) in [6, 6.07) is 4.40. The van der Waals surface area contributed by atoms with Crippen LogP contribution in [0, 0.1) is 5.92 Å². The molecule has 2 aliphatic rings. The van der Waals surface area contributed by atoms with Gasteiger partial charge >= 0.3 is 0 Å². The second-order valence-electron chi connectivity index (χ2n) is 5.99. The smallest absolute Gasteiger partial charge is 0.0701 e. The molecule has 2 aliphatic heterocycles. The lowest BCUT2D eigenvalue weighted by Crippen LogP contribution is -2.48. The van der Waals surface area contributed by atoms with Crippen LogP contribution in [-0.4, -0.2) is 55.6 Å². The summed E-state index contributed by atoms with van der Waals surface area (Å²) in [4.78, 5) is 6.73. The fourth-order valence-corrected chi connectivity index (χ4v) is 4.76. The highest BCUT2D eigenvalue weighted by Crippen LogP contribution is 2.23. The number of nitrogens with one attached hydrogen (secondary N) is 1. The Kier molecular flexibility index (Phi) is 7.46. The van der Waals surface area contributed by atoms with Gasteiger partial charge in [-0.3, -0.25) is 4.90 Å². The Balaban J connectivity index is 0.00000161. The summed E-state index contributed by atoms with van der Waals surface area (Å²) in [5.74, 6) is 0.878. The second-order valence-corrected chi connectivity index (χ2v) is 8.54. The van der Waals surface area contributed by atoms with Crippen molar-refractivity contribution in [1.29, 1.82) is 0 Å². The van der Waals surface area contributed by atoms with Gasteiger partial charge in [-0.1, -0.05) is 0 Å². The van der Waals surface area contributed by atoms with E-state index < -0.39 is 0 Å². The molecule has 21 heavy (non-hydrogen) atoms. The van der Waals surface area contributed by atoms with Gasteiger partial charge in [-0.15, -0.1) is 23.7 Å². The fourth-order valence-electron chi connectivity index (χ4n) is 3.23. The van der Waals surface area contributed by atoms with E-state index in [2.05, 4.69) is 43.2 Å². The largest absolute Gasteiger partial charge is 0.316 e. The van der Waals surface area contributed by atoms with Crippen LogP contribution in [0.3, 0.4) is 0 Å².